The highest BCUT2D eigenvalue weighted by Crippen LogP contribution is 2.29. The maximum atomic E-state index is 12.1. The number of carbonyl (C=O) groups excluding carboxylic acids is 1. The van der Waals surface area contributed by atoms with Crippen molar-refractivity contribution in [2.45, 2.75) is 64.8 Å². The van der Waals surface area contributed by atoms with Gasteiger partial charge in [-0.05, 0) is 37.5 Å². The topological polar surface area (TPSA) is 57.6 Å². The summed E-state index contributed by atoms with van der Waals surface area (Å²) in [4.78, 5) is 24.6. The Balaban J connectivity index is 2.38. The van der Waals surface area contributed by atoms with Crippen molar-refractivity contribution in [3.8, 4) is 0 Å². The van der Waals surface area contributed by atoms with Gasteiger partial charge in [-0.3, -0.25) is 9.59 Å². The molecule has 1 N–H and O–H groups in total. The van der Waals surface area contributed by atoms with E-state index in [1.54, 1.807) is 0 Å². The van der Waals surface area contributed by atoms with Gasteiger partial charge in [0.15, 0.2) is 0 Å². The molecule has 0 bridgehead atoms. The highest BCUT2D eigenvalue weighted by atomic mass is 16.4. The standard InChI is InChI=1S/C15H27NO3/c1-4-12-5-7-13(8-6-12)16(3)14(17)9-11(2)10-15(18)19/h11-13H,4-10H2,1-3H3,(H,18,19). The Kier molecular flexibility index (Phi) is 6.32. The molecule has 1 aliphatic rings. The molecular weight excluding hydrogens is 242 g/mol. The largest absolute Gasteiger partial charge is 0.481 e. The number of hydrogen-bond donors (Lipinski definition) is 1. The van der Waals surface area contributed by atoms with E-state index in [4.69, 9.17) is 5.11 Å². The number of carboxylic acid groups (broad SMARTS) is 1. The Bertz CT molecular complexity index is 309. The summed E-state index contributed by atoms with van der Waals surface area (Å²) in [7, 11) is 1.87. The molecule has 0 aromatic rings. The minimum Gasteiger partial charge on any atom is -0.481 e. The molecule has 1 atom stereocenters. The van der Waals surface area contributed by atoms with Gasteiger partial charge in [0.1, 0.15) is 0 Å². The van der Waals surface area contributed by atoms with Gasteiger partial charge < -0.3 is 10.0 Å². The van der Waals surface area contributed by atoms with Crippen molar-refractivity contribution in [3.63, 3.8) is 0 Å². The van der Waals surface area contributed by atoms with E-state index in [0.717, 1.165) is 18.8 Å². The molecule has 0 heterocycles. The van der Waals surface area contributed by atoms with Gasteiger partial charge in [-0.2, -0.15) is 0 Å². The normalized spacial score (nSPS) is 24.8. The summed E-state index contributed by atoms with van der Waals surface area (Å²) in [6.07, 6.45) is 6.26. The minimum atomic E-state index is -0.827. The number of amides is 1. The first kappa shape index (κ1) is 16.0. The van der Waals surface area contributed by atoms with Crippen LogP contribution in [0.1, 0.15) is 58.8 Å². The van der Waals surface area contributed by atoms with E-state index in [2.05, 4.69) is 6.92 Å². The zero-order valence-electron chi connectivity index (χ0n) is 12.4. The number of hydrogen-bond acceptors (Lipinski definition) is 2. The van der Waals surface area contributed by atoms with E-state index >= 15 is 0 Å². The fourth-order valence-electron chi connectivity index (χ4n) is 2.96. The van der Waals surface area contributed by atoms with Crippen LogP contribution >= 0.6 is 0 Å². The molecule has 0 aromatic carbocycles. The number of nitrogens with zero attached hydrogens (tertiary/aromatic N) is 1. The van der Waals surface area contributed by atoms with E-state index < -0.39 is 5.97 Å². The summed E-state index contributed by atoms with van der Waals surface area (Å²) in [5.41, 5.74) is 0. The SMILES string of the molecule is CCC1CCC(N(C)C(=O)CC(C)CC(=O)O)CC1. The lowest BCUT2D eigenvalue weighted by molar-refractivity contribution is -0.138. The van der Waals surface area contributed by atoms with Crippen molar-refractivity contribution < 1.29 is 14.7 Å². The predicted octanol–water partition coefficient (Wildman–Crippen LogP) is 2.91. The summed E-state index contributed by atoms with van der Waals surface area (Å²) in [6.45, 7) is 4.06. The van der Waals surface area contributed by atoms with Crippen LogP contribution in [-0.2, 0) is 9.59 Å². The average molecular weight is 269 g/mol. The zero-order valence-corrected chi connectivity index (χ0v) is 12.4. The van der Waals surface area contributed by atoms with Gasteiger partial charge in [0.2, 0.25) is 5.91 Å². The fourth-order valence-corrected chi connectivity index (χ4v) is 2.96. The van der Waals surface area contributed by atoms with Crippen molar-refractivity contribution in [1.29, 1.82) is 0 Å². The van der Waals surface area contributed by atoms with Crippen LogP contribution in [0.2, 0.25) is 0 Å². The number of aliphatic carboxylic acids is 1. The molecule has 0 spiro atoms. The average Bonchev–Trinajstić information content (AvgIpc) is 2.36. The molecule has 4 heteroatoms. The summed E-state index contributed by atoms with van der Waals surface area (Å²) < 4.78 is 0. The Labute approximate surface area is 116 Å². The summed E-state index contributed by atoms with van der Waals surface area (Å²) in [5, 5.41) is 8.72. The van der Waals surface area contributed by atoms with Crippen molar-refractivity contribution in [3.05, 3.63) is 0 Å². The van der Waals surface area contributed by atoms with Gasteiger partial charge in [0.05, 0.1) is 0 Å². The molecule has 1 saturated carbocycles. The summed E-state index contributed by atoms with van der Waals surface area (Å²) >= 11 is 0. The summed E-state index contributed by atoms with van der Waals surface area (Å²) in [5.74, 6) is 0.00484. The number of rotatable bonds is 6. The van der Waals surface area contributed by atoms with Crippen LogP contribution in [-0.4, -0.2) is 35.0 Å². The predicted molar refractivity (Wildman–Crippen MR) is 74.8 cm³/mol. The molecule has 1 amide bonds. The Morgan fingerprint density at radius 1 is 1.21 bits per heavy atom. The molecule has 110 valence electrons. The van der Waals surface area contributed by atoms with Crippen LogP contribution < -0.4 is 0 Å². The molecule has 19 heavy (non-hydrogen) atoms. The number of carbonyl (C=O) groups is 2. The molecule has 0 saturated heterocycles. The van der Waals surface area contributed by atoms with Gasteiger partial charge >= 0.3 is 5.97 Å². The van der Waals surface area contributed by atoms with E-state index in [1.165, 1.54) is 19.3 Å². The molecule has 0 aliphatic heterocycles. The quantitative estimate of drug-likeness (QED) is 0.806. The van der Waals surface area contributed by atoms with E-state index in [1.807, 2.05) is 18.9 Å². The smallest absolute Gasteiger partial charge is 0.303 e. The molecule has 1 unspecified atom stereocenters. The van der Waals surface area contributed by atoms with Crippen LogP contribution in [0.5, 0.6) is 0 Å². The molecule has 1 rings (SSSR count). The van der Waals surface area contributed by atoms with Crippen LogP contribution in [0.25, 0.3) is 0 Å². The van der Waals surface area contributed by atoms with Crippen LogP contribution in [0, 0.1) is 11.8 Å². The monoisotopic (exact) mass is 269 g/mol. The van der Waals surface area contributed by atoms with E-state index in [9.17, 15) is 9.59 Å². The fraction of sp³-hybridized carbons (Fsp3) is 0.867. The van der Waals surface area contributed by atoms with Gasteiger partial charge in [0, 0.05) is 25.9 Å². The highest BCUT2D eigenvalue weighted by molar-refractivity contribution is 5.77. The second-order valence-corrected chi connectivity index (χ2v) is 5.99. The lowest BCUT2D eigenvalue weighted by atomic mass is 9.84. The van der Waals surface area contributed by atoms with Crippen LogP contribution in [0.4, 0.5) is 0 Å². The second-order valence-electron chi connectivity index (χ2n) is 5.99. The Hall–Kier alpha value is -1.06. The van der Waals surface area contributed by atoms with Gasteiger partial charge in [-0.25, -0.2) is 0 Å². The van der Waals surface area contributed by atoms with Gasteiger partial charge in [-0.1, -0.05) is 20.3 Å². The van der Waals surface area contributed by atoms with Gasteiger partial charge in [-0.15, -0.1) is 0 Å². The second kappa shape index (κ2) is 7.51. The van der Waals surface area contributed by atoms with Crippen LogP contribution in [0.15, 0.2) is 0 Å². The molecular formula is C15H27NO3. The zero-order chi connectivity index (χ0) is 14.4. The van der Waals surface area contributed by atoms with E-state index in [-0.39, 0.29) is 18.2 Å². The minimum absolute atomic E-state index is 0.0716. The van der Waals surface area contributed by atoms with Crippen molar-refractivity contribution >= 4 is 11.9 Å². The number of carboxylic acids is 1. The lowest BCUT2D eigenvalue weighted by Crippen LogP contribution is -2.40. The lowest BCUT2D eigenvalue weighted by Gasteiger charge is -2.35. The summed E-state index contributed by atoms with van der Waals surface area (Å²) in [6, 6.07) is 0.354. The maximum Gasteiger partial charge on any atom is 0.303 e. The Morgan fingerprint density at radius 2 is 1.79 bits per heavy atom. The first-order valence-electron chi connectivity index (χ1n) is 7.41. The third-order valence-corrected chi connectivity index (χ3v) is 4.38. The third-order valence-electron chi connectivity index (χ3n) is 4.38. The molecule has 0 aromatic heterocycles. The highest BCUT2D eigenvalue weighted by Gasteiger charge is 2.26. The van der Waals surface area contributed by atoms with Crippen molar-refractivity contribution in [2.24, 2.45) is 11.8 Å². The Morgan fingerprint density at radius 3 is 2.26 bits per heavy atom. The van der Waals surface area contributed by atoms with Crippen LogP contribution in [0.3, 0.4) is 0 Å². The molecule has 1 aliphatic carbocycles. The first-order chi connectivity index (χ1) is 8.93. The van der Waals surface area contributed by atoms with E-state index in [0.29, 0.717) is 12.5 Å². The van der Waals surface area contributed by atoms with Gasteiger partial charge in [0.25, 0.3) is 0 Å². The third kappa shape index (κ3) is 5.21. The molecule has 0 radical (unpaired) electrons. The van der Waals surface area contributed by atoms with Crippen molar-refractivity contribution in [1.82, 2.24) is 4.90 Å². The molecule has 1 fully saturated rings. The van der Waals surface area contributed by atoms with Crippen molar-refractivity contribution in [2.75, 3.05) is 7.05 Å². The first-order valence-corrected chi connectivity index (χ1v) is 7.41. The molecule has 4 nitrogen and oxygen atoms in total. The maximum absolute atomic E-state index is 12.1.